The van der Waals surface area contributed by atoms with Crippen molar-refractivity contribution in [3.05, 3.63) is 78.9 Å². The molecule has 1 aliphatic carbocycles. The molecule has 1 fully saturated rings. The van der Waals surface area contributed by atoms with E-state index in [0.717, 1.165) is 36.4 Å². The van der Waals surface area contributed by atoms with Gasteiger partial charge in [0, 0.05) is 46.5 Å². The predicted octanol–water partition coefficient (Wildman–Crippen LogP) is 5.93. The van der Waals surface area contributed by atoms with E-state index in [2.05, 4.69) is 9.47 Å². The molecular formula is C22H16F4N2O7. The zero-order valence-corrected chi connectivity index (χ0v) is 17.7. The second-order valence-corrected chi connectivity index (χ2v) is 7.24. The van der Waals surface area contributed by atoms with Crippen molar-refractivity contribution in [2.24, 2.45) is 0 Å². The van der Waals surface area contributed by atoms with Gasteiger partial charge in [-0.2, -0.15) is 17.6 Å². The zero-order chi connectivity index (χ0) is 25.7. The average molecular weight is 496 g/mol. The third-order valence-corrected chi connectivity index (χ3v) is 4.98. The summed E-state index contributed by atoms with van der Waals surface area (Å²) in [5.41, 5.74) is -0.874. The maximum absolute atomic E-state index is 13.1. The van der Waals surface area contributed by atoms with Crippen molar-refractivity contribution in [3.63, 3.8) is 0 Å². The van der Waals surface area contributed by atoms with Gasteiger partial charge in [-0.1, -0.05) is 0 Å². The Kier molecular flexibility index (Phi) is 7.79. The van der Waals surface area contributed by atoms with Crippen LogP contribution in [0.2, 0.25) is 0 Å². The summed E-state index contributed by atoms with van der Waals surface area (Å²) in [5.74, 6) is -1.35. The Balaban J connectivity index is 2.03. The van der Waals surface area contributed by atoms with E-state index >= 15 is 0 Å². The fourth-order valence-corrected chi connectivity index (χ4v) is 3.48. The SMILES string of the molecule is O=C1/C(=C/c2cc([N+](=O)[O-])ccc2OC(F)F)CCC/C1=C\c1cc([N+](=O)[O-])ccc1OC(F)F. The van der Waals surface area contributed by atoms with Gasteiger partial charge in [-0.05, 0) is 43.5 Å². The van der Waals surface area contributed by atoms with Crippen LogP contribution in [0.25, 0.3) is 12.2 Å². The summed E-state index contributed by atoms with van der Waals surface area (Å²) in [6, 6.07) is 5.87. The smallest absolute Gasteiger partial charge is 0.387 e. The summed E-state index contributed by atoms with van der Waals surface area (Å²) in [6.07, 6.45) is 3.15. The van der Waals surface area contributed by atoms with Crippen molar-refractivity contribution in [2.45, 2.75) is 32.5 Å². The molecule has 0 aliphatic heterocycles. The maximum Gasteiger partial charge on any atom is 0.387 e. The maximum atomic E-state index is 13.1. The summed E-state index contributed by atoms with van der Waals surface area (Å²) in [7, 11) is 0. The van der Waals surface area contributed by atoms with E-state index in [-0.39, 0.29) is 46.6 Å². The van der Waals surface area contributed by atoms with E-state index < -0.39 is 40.2 Å². The molecule has 13 heteroatoms. The van der Waals surface area contributed by atoms with Gasteiger partial charge in [0.1, 0.15) is 11.5 Å². The van der Waals surface area contributed by atoms with Crippen LogP contribution in [0.4, 0.5) is 28.9 Å². The Labute approximate surface area is 194 Å². The summed E-state index contributed by atoms with van der Waals surface area (Å²) < 4.78 is 59.9. The van der Waals surface area contributed by atoms with Crippen molar-refractivity contribution in [2.75, 3.05) is 0 Å². The number of benzene rings is 2. The number of ether oxygens (including phenoxy) is 2. The van der Waals surface area contributed by atoms with Crippen LogP contribution in [0.15, 0.2) is 47.5 Å². The quantitative estimate of drug-likeness (QED) is 0.192. The summed E-state index contributed by atoms with van der Waals surface area (Å²) in [6.45, 7) is -6.43. The number of nitro benzene ring substituents is 2. The van der Waals surface area contributed by atoms with E-state index in [4.69, 9.17) is 0 Å². The highest BCUT2D eigenvalue weighted by atomic mass is 19.3. The summed E-state index contributed by atoms with van der Waals surface area (Å²) >= 11 is 0. The number of ketones is 1. The molecule has 2 aromatic rings. The monoisotopic (exact) mass is 496 g/mol. The molecule has 0 radical (unpaired) electrons. The number of Topliss-reactive ketones (excluding diaryl/α,β-unsaturated/α-hetero) is 1. The lowest BCUT2D eigenvalue weighted by Gasteiger charge is -2.18. The standard InChI is InChI=1S/C22H16F4N2O7/c23-21(24)34-18-6-4-16(27(30)31)10-14(18)8-12-2-1-3-13(20(12)29)9-15-11-17(28(32)33)5-7-19(15)35-22(25)26/h4-11,21-22H,1-3H2/b12-8+,13-9+. The van der Waals surface area contributed by atoms with Crippen LogP contribution in [0.5, 0.6) is 11.5 Å². The highest BCUT2D eigenvalue weighted by Crippen LogP contribution is 2.34. The van der Waals surface area contributed by atoms with Gasteiger partial charge in [-0.25, -0.2) is 0 Å². The molecule has 0 heterocycles. The van der Waals surface area contributed by atoms with Gasteiger partial charge in [0.2, 0.25) is 0 Å². The molecule has 0 bridgehead atoms. The molecule has 0 aromatic heterocycles. The minimum atomic E-state index is -3.21. The van der Waals surface area contributed by atoms with Gasteiger partial charge in [0.15, 0.2) is 5.78 Å². The second-order valence-electron chi connectivity index (χ2n) is 7.24. The molecule has 0 N–H and O–H groups in total. The van der Waals surface area contributed by atoms with Crippen molar-refractivity contribution in [1.82, 2.24) is 0 Å². The van der Waals surface area contributed by atoms with Crippen LogP contribution >= 0.6 is 0 Å². The van der Waals surface area contributed by atoms with Gasteiger partial charge >= 0.3 is 13.2 Å². The van der Waals surface area contributed by atoms with E-state index in [1.807, 2.05) is 0 Å². The Hall–Kier alpha value is -4.29. The minimum Gasteiger partial charge on any atom is -0.434 e. The first-order valence-electron chi connectivity index (χ1n) is 9.97. The summed E-state index contributed by atoms with van der Waals surface area (Å²) in [5, 5.41) is 22.2. The Morgan fingerprint density at radius 1 is 0.771 bits per heavy atom. The fraction of sp³-hybridized carbons (Fsp3) is 0.227. The zero-order valence-electron chi connectivity index (χ0n) is 17.7. The number of rotatable bonds is 8. The first kappa shape index (κ1) is 25.3. The molecule has 0 saturated heterocycles. The number of nitro groups is 2. The molecule has 0 atom stereocenters. The van der Waals surface area contributed by atoms with Crippen LogP contribution < -0.4 is 9.47 Å². The lowest BCUT2D eigenvalue weighted by molar-refractivity contribution is -0.385. The van der Waals surface area contributed by atoms with E-state index in [1.165, 1.54) is 12.2 Å². The predicted molar refractivity (Wildman–Crippen MR) is 114 cm³/mol. The van der Waals surface area contributed by atoms with Crippen molar-refractivity contribution in [1.29, 1.82) is 0 Å². The van der Waals surface area contributed by atoms with Crippen LogP contribution in [-0.2, 0) is 4.79 Å². The molecule has 1 saturated carbocycles. The number of non-ortho nitro benzene ring substituents is 2. The number of hydrogen-bond acceptors (Lipinski definition) is 7. The van der Waals surface area contributed by atoms with E-state index in [0.29, 0.717) is 6.42 Å². The highest BCUT2D eigenvalue weighted by molar-refractivity contribution is 6.14. The molecule has 0 amide bonds. The molecular weight excluding hydrogens is 480 g/mol. The lowest BCUT2D eigenvalue weighted by Crippen LogP contribution is -2.13. The van der Waals surface area contributed by atoms with E-state index in [1.54, 1.807) is 0 Å². The van der Waals surface area contributed by atoms with Gasteiger partial charge in [0.25, 0.3) is 11.4 Å². The number of carbonyl (C=O) groups is 1. The van der Waals surface area contributed by atoms with Gasteiger partial charge in [-0.15, -0.1) is 0 Å². The molecule has 0 spiro atoms. The molecule has 1 aliphatic rings. The van der Waals surface area contributed by atoms with Crippen LogP contribution in [0.3, 0.4) is 0 Å². The first-order valence-corrected chi connectivity index (χ1v) is 9.97. The molecule has 9 nitrogen and oxygen atoms in total. The lowest BCUT2D eigenvalue weighted by atomic mass is 9.86. The van der Waals surface area contributed by atoms with E-state index in [9.17, 15) is 42.6 Å². The molecule has 184 valence electrons. The molecule has 35 heavy (non-hydrogen) atoms. The number of hydrogen-bond donors (Lipinski definition) is 0. The van der Waals surface area contributed by atoms with Crippen molar-refractivity contribution >= 4 is 29.3 Å². The van der Waals surface area contributed by atoms with Crippen LogP contribution in [-0.4, -0.2) is 28.9 Å². The number of nitrogens with zero attached hydrogens (tertiary/aromatic N) is 2. The molecule has 0 unspecified atom stereocenters. The van der Waals surface area contributed by atoms with Gasteiger partial charge in [0.05, 0.1) is 9.85 Å². The third kappa shape index (κ3) is 6.40. The summed E-state index contributed by atoms with van der Waals surface area (Å²) in [4.78, 5) is 33.8. The number of halogens is 4. The topological polar surface area (TPSA) is 122 Å². The van der Waals surface area contributed by atoms with Crippen LogP contribution in [0, 0.1) is 20.2 Å². The first-order chi connectivity index (χ1) is 16.5. The normalized spacial score (nSPS) is 16.2. The number of allylic oxidation sites excluding steroid dienone is 2. The Morgan fingerprint density at radius 3 is 1.51 bits per heavy atom. The number of alkyl halides is 4. The molecule has 3 rings (SSSR count). The third-order valence-electron chi connectivity index (χ3n) is 4.98. The number of carbonyl (C=O) groups excluding carboxylic acids is 1. The minimum absolute atomic E-state index is 0.101. The fourth-order valence-electron chi connectivity index (χ4n) is 3.48. The second kappa shape index (κ2) is 10.8. The highest BCUT2D eigenvalue weighted by Gasteiger charge is 2.24. The van der Waals surface area contributed by atoms with Gasteiger partial charge < -0.3 is 9.47 Å². The van der Waals surface area contributed by atoms with Crippen molar-refractivity contribution < 1.29 is 41.7 Å². The van der Waals surface area contributed by atoms with Gasteiger partial charge in [-0.3, -0.25) is 25.0 Å². The Bertz CT molecular complexity index is 1140. The average Bonchev–Trinajstić information content (AvgIpc) is 2.77. The largest absolute Gasteiger partial charge is 0.434 e. The molecule has 2 aromatic carbocycles. The van der Waals surface area contributed by atoms with Crippen LogP contribution in [0.1, 0.15) is 30.4 Å². The van der Waals surface area contributed by atoms with Crippen molar-refractivity contribution in [3.8, 4) is 11.5 Å². The Morgan fingerprint density at radius 2 is 1.17 bits per heavy atom.